The van der Waals surface area contributed by atoms with E-state index in [9.17, 15) is 0 Å². The van der Waals surface area contributed by atoms with Crippen LogP contribution in [0.15, 0.2) is 6.20 Å². The highest BCUT2D eigenvalue weighted by atomic mass is 32.1. The Morgan fingerprint density at radius 1 is 1.62 bits per heavy atom. The molecule has 2 fully saturated rings. The van der Waals surface area contributed by atoms with E-state index < -0.39 is 0 Å². The van der Waals surface area contributed by atoms with Crippen LogP contribution in [-0.4, -0.2) is 24.7 Å². The normalized spacial score (nSPS) is 34.7. The summed E-state index contributed by atoms with van der Waals surface area (Å²) in [4.78, 5) is 5.99. The summed E-state index contributed by atoms with van der Waals surface area (Å²) < 4.78 is 5.51. The minimum Gasteiger partial charge on any atom is -0.380 e. The van der Waals surface area contributed by atoms with Gasteiger partial charge in [0.1, 0.15) is 5.01 Å². The summed E-state index contributed by atoms with van der Waals surface area (Å²) in [6.45, 7) is 5.18. The highest BCUT2D eigenvalue weighted by Gasteiger charge is 2.34. The van der Waals surface area contributed by atoms with Crippen LogP contribution in [0.3, 0.4) is 0 Å². The van der Waals surface area contributed by atoms with Crippen molar-refractivity contribution in [1.82, 2.24) is 10.3 Å². The molecule has 0 aliphatic carbocycles. The lowest BCUT2D eigenvalue weighted by Gasteiger charge is -2.18. The fourth-order valence-electron chi connectivity index (χ4n) is 2.48. The lowest BCUT2D eigenvalue weighted by Crippen LogP contribution is -2.19. The molecule has 0 radical (unpaired) electrons. The van der Waals surface area contributed by atoms with Crippen LogP contribution in [0.25, 0.3) is 0 Å². The maximum Gasteiger partial charge on any atom is 0.110 e. The lowest BCUT2D eigenvalue weighted by atomic mass is 9.89. The molecule has 3 rings (SSSR count). The van der Waals surface area contributed by atoms with E-state index in [0.29, 0.717) is 6.04 Å². The molecule has 2 atom stereocenters. The van der Waals surface area contributed by atoms with E-state index in [1.165, 1.54) is 22.7 Å². The highest BCUT2D eigenvalue weighted by molar-refractivity contribution is 7.11. The van der Waals surface area contributed by atoms with Gasteiger partial charge in [-0.25, -0.2) is 4.98 Å². The molecule has 3 nitrogen and oxygen atoms in total. The van der Waals surface area contributed by atoms with E-state index in [-0.39, 0.29) is 5.41 Å². The smallest absolute Gasteiger partial charge is 0.110 e. The first-order valence-corrected chi connectivity index (χ1v) is 6.87. The summed E-state index contributed by atoms with van der Waals surface area (Å²) in [7, 11) is 0. The Labute approximate surface area is 100 Å². The van der Waals surface area contributed by atoms with E-state index in [1.54, 1.807) is 0 Å². The van der Waals surface area contributed by atoms with Crippen LogP contribution < -0.4 is 5.32 Å². The van der Waals surface area contributed by atoms with Gasteiger partial charge in [0.25, 0.3) is 0 Å². The van der Waals surface area contributed by atoms with Crippen LogP contribution in [0.5, 0.6) is 0 Å². The summed E-state index contributed by atoms with van der Waals surface area (Å²) in [5, 5.41) is 4.77. The molecule has 2 aliphatic heterocycles. The van der Waals surface area contributed by atoms with Crippen LogP contribution in [0, 0.1) is 0 Å². The van der Waals surface area contributed by atoms with Crippen LogP contribution in [0.4, 0.5) is 0 Å². The van der Waals surface area contributed by atoms with Crippen molar-refractivity contribution in [3.8, 4) is 0 Å². The van der Waals surface area contributed by atoms with Gasteiger partial charge in [-0.2, -0.15) is 0 Å². The van der Waals surface area contributed by atoms with Gasteiger partial charge in [-0.3, -0.25) is 0 Å². The minimum absolute atomic E-state index is 0.217. The molecule has 3 heterocycles. The van der Waals surface area contributed by atoms with Crippen molar-refractivity contribution in [3.63, 3.8) is 0 Å². The highest BCUT2D eigenvalue weighted by Crippen LogP contribution is 2.38. The third kappa shape index (κ3) is 1.79. The van der Waals surface area contributed by atoms with Crippen molar-refractivity contribution in [2.75, 3.05) is 19.8 Å². The number of thiazole rings is 1. The van der Waals surface area contributed by atoms with E-state index in [2.05, 4.69) is 23.4 Å². The van der Waals surface area contributed by atoms with Gasteiger partial charge >= 0.3 is 0 Å². The van der Waals surface area contributed by atoms with Crippen molar-refractivity contribution in [3.05, 3.63) is 16.1 Å². The van der Waals surface area contributed by atoms with Gasteiger partial charge in [-0.05, 0) is 25.8 Å². The Kier molecular flexibility index (Phi) is 2.73. The topological polar surface area (TPSA) is 34.2 Å². The van der Waals surface area contributed by atoms with Crippen LogP contribution in [0.2, 0.25) is 0 Å². The Balaban J connectivity index is 1.81. The van der Waals surface area contributed by atoms with Gasteiger partial charge in [-0.15, -0.1) is 11.3 Å². The summed E-state index contributed by atoms with van der Waals surface area (Å²) in [5.41, 5.74) is 0.217. The molecule has 2 unspecified atom stereocenters. The van der Waals surface area contributed by atoms with Gasteiger partial charge in [0, 0.05) is 23.1 Å². The molecule has 0 spiro atoms. The monoisotopic (exact) mass is 238 g/mol. The first-order chi connectivity index (χ1) is 7.78. The number of ether oxygens (including phenoxy) is 1. The fraction of sp³-hybridized carbons (Fsp3) is 0.750. The molecule has 16 heavy (non-hydrogen) atoms. The van der Waals surface area contributed by atoms with E-state index in [4.69, 9.17) is 4.74 Å². The van der Waals surface area contributed by atoms with E-state index >= 15 is 0 Å². The molecule has 1 aromatic heterocycles. The number of aromatic nitrogens is 1. The molecule has 0 amide bonds. The van der Waals surface area contributed by atoms with Gasteiger partial charge in [0.2, 0.25) is 0 Å². The first kappa shape index (κ1) is 10.7. The lowest BCUT2D eigenvalue weighted by molar-refractivity contribution is 0.181. The molecule has 0 aromatic carbocycles. The number of nitrogens with zero attached hydrogens (tertiary/aromatic N) is 1. The predicted molar refractivity (Wildman–Crippen MR) is 64.9 cm³/mol. The zero-order chi connectivity index (χ0) is 11.0. The zero-order valence-corrected chi connectivity index (χ0v) is 10.5. The summed E-state index contributed by atoms with van der Waals surface area (Å²) >= 11 is 1.87. The molecule has 1 N–H and O–H groups in total. The molecule has 0 bridgehead atoms. The maximum atomic E-state index is 5.51. The SMILES string of the molecule is CC1(c2cnc(C3CCCN3)s2)CCOC1. The number of nitrogens with one attached hydrogen (secondary N) is 1. The maximum absolute atomic E-state index is 5.51. The second-order valence-electron chi connectivity index (χ2n) is 5.07. The number of hydrogen-bond donors (Lipinski definition) is 1. The van der Waals surface area contributed by atoms with Gasteiger partial charge < -0.3 is 10.1 Å². The van der Waals surface area contributed by atoms with Crippen LogP contribution in [-0.2, 0) is 10.2 Å². The van der Waals surface area contributed by atoms with Gasteiger partial charge in [0.05, 0.1) is 12.6 Å². The van der Waals surface area contributed by atoms with Crippen molar-refractivity contribution < 1.29 is 4.74 Å². The van der Waals surface area contributed by atoms with Crippen LogP contribution in [0.1, 0.15) is 42.1 Å². The van der Waals surface area contributed by atoms with Gasteiger partial charge in [0.15, 0.2) is 0 Å². The molecular formula is C12H18N2OS. The third-order valence-electron chi connectivity index (χ3n) is 3.70. The zero-order valence-electron chi connectivity index (χ0n) is 9.66. The van der Waals surface area contributed by atoms with Crippen molar-refractivity contribution in [2.24, 2.45) is 0 Å². The Morgan fingerprint density at radius 3 is 3.25 bits per heavy atom. The van der Waals surface area contributed by atoms with Crippen molar-refractivity contribution in [2.45, 2.75) is 37.6 Å². The average Bonchev–Trinajstić information content (AvgIpc) is 2.98. The van der Waals surface area contributed by atoms with Crippen molar-refractivity contribution in [1.29, 1.82) is 0 Å². The van der Waals surface area contributed by atoms with E-state index in [0.717, 1.165) is 26.2 Å². The van der Waals surface area contributed by atoms with Crippen LogP contribution >= 0.6 is 11.3 Å². The number of hydrogen-bond acceptors (Lipinski definition) is 4. The summed E-state index contributed by atoms with van der Waals surface area (Å²) in [6.07, 6.45) is 5.71. The molecule has 88 valence electrons. The second kappa shape index (κ2) is 4.09. The molecule has 2 saturated heterocycles. The second-order valence-corrected chi connectivity index (χ2v) is 6.14. The Hall–Kier alpha value is -0.450. The molecular weight excluding hydrogens is 220 g/mol. The third-order valence-corrected chi connectivity index (χ3v) is 5.11. The summed E-state index contributed by atoms with van der Waals surface area (Å²) in [6, 6.07) is 0.504. The molecule has 2 aliphatic rings. The fourth-order valence-corrected chi connectivity index (χ4v) is 3.67. The molecule has 4 heteroatoms. The Bertz CT molecular complexity index is 365. The largest absolute Gasteiger partial charge is 0.380 e. The quantitative estimate of drug-likeness (QED) is 0.858. The van der Waals surface area contributed by atoms with Crippen molar-refractivity contribution >= 4 is 11.3 Å². The van der Waals surface area contributed by atoms with Gasteiger partial charge in [-0.1, -0.05) is 6.92 Å². The molecule has 0 saturated carbocycles. The molecule has 1 aromatic rings. The average molecular weight is 238 g/mol. The predicted octanol–water partition coefficient (Wildman–Crippen LogP) is 2.25. The Morgan fingerprint density at radius 2 is 2.56 bits per heavy atom. The standard InChI is InChI=1S/C12H18N2OS/c1-12(4-6-15-8-12)10-7-14-11(16-10)9-3-2-5-13-9/h7,9,13H,2-6,8H2,1H3. The van der Waals surface area contributed by atoms with E-state index in [1.807, 2.05) is 11.3 Å². The number of rotatable bonds is 2. The minimum atomic E-state index is 0.217. The first-order valence-electron chi connectivity index (χ1n) is 6.05. The summed E-state index contributed by atoms with van der Waals surface area (Å²) in [5.74, 6) is 0.